The van der Waals surface area contributed by atoms with Crippen molar-refractivity contribution in [3.05, 3.63) is 59.3 Å². The molecular weight excluding hydrogens is 426 g/mol. The van der Waals surface area contributed by atoms with Crippen LogP contribution in [0.3, 0.4) is 0 Å². The first-order valence-corrected chi connectivity index (χ1v) is 11.2. The van der Waals surface area contributed by atoms with Crippen LogP contribution in [0.25, 0.3) is 10.9 Å². The van der Waals surface area contributed by atoms with Gasteiger partial charge in [0.05, 0.1) is 15.9 Å². The average Bonchev–Trinajstić information content (AvgIpc) is 3.09. The fraction of sp³-hybridized carbons (Fsp3) is 0.227. The maximum atomic E-state index is 12.2. The third kappa shape index (κ3) is 3.90. The lowest BCUT2D eigenvalue weighted by Gasteiger charge is -2.19. The second kappa shape index (κ2) is 7.88. The van der Waals surface area contributed by atoms with Gasteiger partial charge >= 0.3 is 0 Å². The largest absolute Gasteiger partial charge is 0.329 e. The minimum absolute atomic E-state index is 0.0225. The van der Waals surface area contributed by atoms with Gasteiger partial charge in [-0.25, -0.2) is 18.5 Å². The lowest BCUT2D eigenvalue weighted by atomic mass is 10.1. The van der Waals surface area contributed by atoms with Crippen LogP contribution < -0.4 is 15.4 Å². The number of aryl methyl sites for hydroxylation is 2. The summed E-state index contributed by atoms with van der Waals surface area (Å²) >= 11 is 0. The van der Waals surface area contributed by atoms with E-state index in [4.69, 9.17) is 10.6 Å². The highest BCUT2D eigenvalue weighted by molar-refractivity contribution is 7.89. The van der Waals surface area contributed by atoms with Crippen molar-refractivity contribution >= 4 is 44.1 Å². The van der Waals surface area contributed by atoms with Crippen LogP contribution in [0.2, 0.25) is 0 Å². The molecule has 0 spiro atoms. The molecule has 10 heteroatoms. The molecule has 0 radical (unpaired) electrons. The molecule has 3 N–H and O–H groups in total. The summed E-state index contributed by atoms with van der Waals surface area (Å²) in [5.41, 5.74) is 2.62. The Balaban J connectivity index is 1.81. The maximum Gasteiger partial charge on any atom is 0.238 e. The van der Waals surface area contributed by atoms with Crippen molar-refractivity contribution in [2.45, 2.75) is 25.7 Å². The predicted octanol–water partition coefficient (Wildman–Crippen LogP) is 3.45. The van der Waals surface area contributed by atoms with Gasteiger partial charge in [0.1, 0.15) is 5.82 Å². The molecule has 0 amide bonds. The zero-order chi connectivity index (χ0) is 26.7. The molecule has 9 nitrogen and oxygen atoms in total. The highest BCUT2D eigenvalue weighted by Gasteiger charge is 2.18. The van der Waals surface area contributed by atoms with Crippen LogP contribution in [0.15, 0.2) is 47.4 Å². The number of anilines is 4. The number of sulfonamides is 1. The summed E-state index contributed by atoms with van der Waals surface area (Å²) in [4.78, 5) is 9.72. The molecule has 0 fully saturated rings. The molecule has 2 heterocycles. The summed E-state index contributed by atoms with van der Waals surface area (Å²) in [6.45, 7) is 4.84. The van der Waals surface area contributed by atoms with Gasteiger partial charge in [0, 0.05) is 42.7 Å². The number of nitrogens with two attached hydrogens (primary N) is 1. The van der Waals surface area contributed by atoms with Crippen LogP contribution in [0, 0.1) is 20.8 Å². The van der Waals surface area contributed by atoms with Crippen LogP contribution in [0.5, 0.6) is 0 Å². The Morgan fingerprint density at radius 2 is 1.94 bits per heavy atom. The molecule has 0 unspecified atom stereocenters. The number of aromatic nitrogens is 4. The molecule has 0 atom stereocenters. The van der Waals surface area contributed by atoms with E-state index in [9.17, 15) is 8.42 Å². The van der Waals surface area contributed by atoms with E-state index in [-0.39, 0.29) is 57.8 Å². The molecule has 166 valence electrons. The molecule has 0 aliphatic carbocycles. The van der Waals surface area contributed by atoms with Crippen LogP contribution in [0.1, 0.15) is 22.3 Å². The smallest absolute Gasteiger partial charge is 0.238 e. The van der Waals surface area contributed by atoms with Crippen LogP contribution in [0.4, 0.5) is 23.1 Å². The fourth-order valence-corrected chi connectivity index (χ4v) is 4.52. The van der Waals surface area contributed by atoms with E-state index in [1.807, 2.05) is 32.2 Å². The standard InChI is InChI=1S/C22H25N7O2S/c1-13-6-9-18(14(2)21(13)32(23,30)31)25-22-24-11-10-20(26-22)28(4)16-7-8-17-15(3)29(5)27-19(17)12-16/h6-12H,1-5H3,(H2,23,30,31)(H,24,25,26)/i6D,9D,10D,11D. The molecule has 4 aromatic rings. The van der Waals surface area contributed by atoms with Crippen LogP contribution in [-0.2, 0) is 17.1 Å². The zero-order valence-electron chi connectivity index (χ0n) is 22.3. The second-order valence-corrected chi connectivity index (χ2v) is 8.95. The summed E-state index contributed by atoms with van der Waals surface area (Å²) in [6, 6.07) is 4.81. The van der Waals surface area contributed by atoms with Gasteiger partial charge in [-0.1, -0.05) is 6.04 Å². The van der Waals surface area contributed by atoms with Gasteiger partial charge in [-0.2, -0.15) is 10.1 Å². The van der Waals surface area contributed by atoms with E-state index in [0.29, 0.717) is 5.69 Å². The van der Waals surface area contributed by atoms with E-state index in [2.05, 4.69) is 20.4 Å². The van der Waals surface area contributed by atoms with E-state index in [1.165, 1.54) is 13.8 Å². The Morgan fingerprint density at radius 3 is 2.66 bits per heavy atom. The van der Waals surface area contributed by atoms with Crippen molar-refractivity contribution < 1.29 is 13.9 Å². The van der Waals surface area contributed by atoms with Gasteiger partial charge in [-0.15, -0.1) is 0 Å². The number of nitrogens with one attached hydrogen (secondary N) is 1. The summed E-state index contributed by atoms with van der Waals surface area (Å²) in [5, 5.41) is 13.6. The Hall–Kier alpha value is -3.50. The first kappa shape index (κ1) is 17.1. The van der Waals surface area contributed by atoms with E-state index in [0.717, 1.165) is 16.6 Å². The van der Waals surface area contributed by atoms with E-state index in [1.54, 1.807) is 16.6 Å². The molecule has 0 saturated carbocycles. The average molecular weight is 456 g/mol. The third-order valence-corrected chi connectivity index (χ3v) is 6.49. The van der Waals surface area contributed by atoms with Gasteiger partial charge < -0.3 is 10.2 Å². The molecule has 0 aliphatic heterocycles. The number of nitrogens with zero attached hydrogens (tertiary/aromatic N) is 5. The molecule has 0 bridgehead atoms. The maximum absolute atomic E-state index is 12.2. The molecule has 2 aromatic heterocycles. The predicted molar refractivity (Wildman–Crippen MR) is 126 cm³/mol. The summed E-state index contributed by atoms with van der Waals surface area (Å²) in [7, 11) is -0.634. The van der Waals surface area contributed by atoms with Crippen molar-refractivity contribution in [2.24, 2.45) is 12.2 Å². The fourth-order valence-electron chi connectivity index (χ4n) is 3.51. The van der Waals surface area contributed by atoms with Gasteiger partial charge in [0.25, 0.3) is 0 Å². The quantitative estimate of drug-likeness (QED) is 0.473. The highest BCUT2D eigenvalue weighted by atomic mass is 32.2. The van der Waals surface area contributed by atoms with E-state index < -0.39 is 10.0 Å². The topological polar surface area (TPSA) is 119 Å². The lowest BCUT2D eigenvalue weighted by Crippen LogP contribution is -2.16. The monoisotopic (exact) mass is 455 g/mol. The number of primary sulfonamides is 1. The molecule has 4 rings (SSSR count). The van der Waals surface area contributed by atoms with Gasteiger partial charge in [-0.05, 0) is 62.2 Å². The molecular formula is C22H25N7O2S. The summed E-state index contributed by atoms with van der Waals surface area (Å²) < 4.78 is 59.2. The number of hydrogen-bond donors (Lipinski definition) is 2. The van der Waals surface area contributed by atoms with Crippen molar-refractivity contribution in [1.29, 1.82) is 0 Å². The Bertz CT molecular complexity index is 1650. The van der Waals surface area contributed by atoms with E-state index >= 15 is 0 Å². The number of fused-ring (bicyclic) bond motifs is 1. The SMILES string of the molecule is [2H]c1nc(Nc2c([2H])c([2H])c(C)c(S(N)(=O)=O)c2C)nc(N(C)c2ccc3c(C)n(C)nc3c2)c1[2H]. The minimum atomic E-state index is -4.18. The normalized spacial score (nSPS) is 13.4. The van der Waals surface area contributed by atoms with Crippen LogP contribution >= 0.6 is 0 Å². The molecule has 32 heavy (non-hydrogen) atoms. The number of hydrogen-bond acceptors (Lipinski definition) is 7. The molecule has 2 aromatic carbocycles. The number of benzene rings is 2. The first-order chi connectivity index (χ1) is 16.7. The molecule has 0 saturated heterocycles. The third-order valence-electron chi connectivity index (χ3n) is 5.31. The van der Waals surface area contributed by atoms with Crippen LogP contribution in [-0.4, -0.2) is 35.2 Å². The first-order valence-electron chi connectivity index (χ1n) is 11.6. The highest BCUT2D eigenvalue weighted by Crippen LogP contribution is 2.30. The van der Waals surface area contributed by atoms with Gasteiger partial charge in [-0.3, -0.25) is 4.68 Å². The van der Waals surface area contributed by atoms with Crippen molar-refractivity contribution in [2.75, 3.05) is 17.3 Å². The Labute approximate surface area is 192 Å². The summed E-state index contributed by atoms with van der Waals surface area (Å²) in [5.74, 6) is -0.0219. The van der Waals surface area contributed by atoms with Crippen molar-refractivity contribution in [1.82, 2.24) is 19.7 Å². The second-order valence-electron chi connectivity index (χ2n) is 7.45. The van der Waals surface area contributed by atoms with Gasteiger partial charge in [0.15, 0.2) is 0 Å². The van der Waals surface area contributed by atoms with Crippen molar-refractivity contribution in [3.63, 3.8) is 0 Å². The van der Waals surface area contributed by atoms with Gasteiger partial charge in [0.2, 0.25) is 16.0 Å². The minimum Gasteiger partial charge on any atom is -0.329 e. The Kier molecular flexibility index (Phi) is 4.21. The lowest BCUT2D eigenvalue weighted by molar-refractivity contribution is 0.596. The molecule has 0 aliphatic rings. The zero-order valence-corrected chi connectivity index (χ0v) is 19.1. The van der Waals surface area contributed by atoms with Crippen molar-refractivity contribution in [3.8, 4) is 0 Å². The number of rotatable bonds is 5. The summed E-state index contributed by atoms with van der Waals surface area (Å²) in [6.07, 6.45) is -0.377. The Morgan fingerprint density at radius 1 is 1.19 bits per heavy atom.